The number of hydrogen-bond donors (Lipinski definition) is 0. The number of alkyl halides is 3. The topological polar surface area (TPSA) is 9.23 Å². The van der Waals surface area contributed by atoms with Gasteiger partial charge in [-0.15, -0.1) is 13.2 Å². The maximum Gasteiger partial charge on any atom is 0.573 e. The molecule has 0 saturated heterocycles. The molecule has 0 unspecified atom stereocenters. The SMILES string of the molecule is CCCC1CCC(C2CCC(c3ccc(C)cc3)CC2)CC1.CCCC1CCC(C2CCC(c3ccc(OC(F)(F)F)cc3)CC2)CC1. The summed E-state index contributed by atoms with van der Waals surface area (Å²) in [5.41, 5.74) is 4.14. The Hall–Kier alpha value is -1.97. The van der Waals surface area contributed by atoms with Crippen molar-refractivity contribution in [2.24, 2.45) is 35.5 Å². The zero-order valence-corrected chi connectivity index (χ0v) is 30.4. The molecule has 268 valence electrons. The first-order valence-electron chi connectivity index (χ1n) is 20.1. The second-order valence-corrected chi connectivity index (χ2v) is 16.4. The number of rotatable bonds is 9. The highest BCUT2D eigenvalue weighted by Gasteiger charge is 2.33. The highest BCUT2D eigenvalue weighted by atomic mass is 19.4. The summed E-state index contributed by atoms with van der Waals surface area (Å²) in [4.78, 5) is 0. The van der Waals surface area contributed by atoms with Crippen LogP contribution in [0.2, 0.25) is 0 Å². The third-order valence-electron chi connectivity index (χ3n) is 13.2. The van der Waals surface area contributed by atoms with Crippen molar-refractivity contribution >= 4 is 0 Å². The Morgan fingerprint density at radius 3 is 1.17 bits per heavy atom. The molecule has 2 aromatic carbocycles. The summed E-state index contributed by atoms with van der Waals surface area (Å²) >= 11 is 0. The zero-order chi connectivity index (χ0) is 33.9. The fourth-order valence-corrected chi connectivity index (χ4v) is 10.3. The third-order valence-corrected chi connectivity index (χ3v) is 13.2. The molecule has 4 saturated carbocycles. The van der Waals surface area contributed by atoms with Gasteiger partial charge in [0.25, 0.3) is 0 Å². The van der Waals surface area contributed by atoms with Crippen LogP contribution >= 0.6 is 0 Å². The van der Waals surface area contributed by atoms with Crippen LogP contribution in [0.3, 0.4) is 0 Å². The van der Waals surface area contributed by atoms with Gasteiger partial charge in [0.1, 0.15) is 5.75 Å². The monoisotopic (exact) mass is 666 g/mol. The van der Waals surface area contributed by atoms with E-state index >= 15 is 0 Å². The van der Waals surface area contributed by atoms with Crippen LogP contribution in [0.5, 0.6) is 5.75 Å². The lowest BCUT2D eigenvalue weighted by Crippen LogP contribution is -2.25. The van der Waals surface area contributed by atoms with Crippen LogP contribution in [0.4, 0.5) is 13.2 Å². The fourth-order valence-electron chi connectivity index (χ4n) is 10.3. The van der Waals surface area contributed by atoms with Crippen LogP contribution in [0.15, 0.2) is 48.5 Å². The first-order chi connectivity index (χ1) is 23.2. The summed E-state index contributed by atoms with van der Waals surface area (Å²) in [5, 5.41) is 0. The first-order valence-corrected chi connectivity index (χ1v) is 20.1. The van der Waals surface area contributed by atoms with Crippen LogP contribution < -0.4 is 4.74 Å². The van der Waals surface area contributed by atoms with Gasteiger partial charge >= 0.3 is 6.36 Å². The van der Waals surface area contributed by atoms with Gasteiger partial charge in [0.15, 0.2) is 0 Å². The molecule has 0 radical (unpaired) electrons. The first kappa shape index (κ1) is 37.3. The molecule has 0 bridgehead atoms. The molecular weight excluding hydrogens is 601 g/mol. The molecule has 0 aromatic heterocycles. The third kappa shape index (κ3) is 11.3. The molecule has 4 aliphatic rings. The molecule has 4 aliphatic carbocycles. The predicted octanol–water partition coefficient (Wildman–Crippen LogP) is 14.3. The van der Waals surface area contributed by atoms with Crippen molar-refractivity contribution in [3.63, 3.8) is 0 Å². The standard InChI is InChI=1S/C22H31F3O.C22H34/c1-2-3-16-4-6-17(7-5-16)18-8-10-19(11-9-18)20-12-14-21(15-13-20)26-22(23,24)25;1-3-4-18-7-11-20(12-8-18)22-15-13-21(14-16-22)19-9-5-17(2)6-10-19/h12-19H,2-11H2,1H3;5-6,9-10,18,20-22H,3-4,7-8,11-16H2,1-2H3. The van der Waals surface area contributed by atoms with Crippen LogP contribution in [0.1, 0.15) is 171 Å². The molecule has 0 amide bonds. The minimum absolute atomic E-state index is 0.126. The van der Waals surface area contributed by atoms with E-state index in [0.29, 0.717) is 5.92 Å². The molecule has 2 aromatic rings. The second kappa shape index (κ2) is 18.3. The highest BCUT2D eigenvalue weighted by Crippen LogP contribution is 2.46. The Labute approximate surface area is 291 Å². The number of hydrogen-bond acceptors (Lipinski definition) is 1. The molecule has 48 heavy (non-hydrogen) atoms. The van der Waals surface area contributed by atoms with E-state index in [2.05, 4.69) is 49.8 Å². The van der Waals surface area contributed by atoms with Gasteiger partial charge in [-0.05, 0) is 155 Å². The smallest absolute Gasteiger partial charge is 0.406 e. The highest BCUT2D eigenvalue weighted by molar-refractivity contribution is 5.30. The molecule has 0 aliphatic heterocycles. The van der Waals surface area contributed by atoms with E-state index in [9.17, 15) is 13.2 Å². The Morgan fingerprint density at radius 2 is 0.833 bits per heavy atom. The predicted molar refractivity (Wildman–Crippen MR) is 194 cm³/mol. The van der Waals surface area contributed by atoms with E-state index in [1.165, 1.54) is 146 Å². The summed E-state index contributed by atoms with van der Waals surface area (Å²) in [6, 6.07) is 15.8. The Bertz CT molecular complexity index is 1160. The van der Waals surface area contributed by atoms with Crippen molar-refractivity contribution in [2.75, 3.05) is 0 Å². The van der Waals surface area contributed by atoms with Crippen LogP contribution in [0.25, 0.3) is 0 Å². The lowest BCUT2D eigenvalue weighted by atomic mass is 9.68. The molecular formula is C44H65F3O. The molecule has 0 heterocycles. The summed E-state index contributed by atoms with van der Waals surface area (Å²) in [6.45, 7) is 6.82. The molecule has 4 heteroatoms. The van der Waals surface area contributed by atoms with Crippen molar-refractivity contribution in [1.82, 2.24) is 0 Å². The molecule has 4 fully saturated rings. The average molecular weight is 667 g/mol. The summed E-state index contributed by atoms with van der Waals surface area (Å²) in [5.74, 6) is 7.11. The largest absolute Gasteiger partial charge is 0.573 e. The number of ether oxygens (including phenoxy) is 1. The van der Waals surface area contributed by atoms with Gasteiger partial charge in [-0.3, -0.25) is 0 Å². The van der Waals surface area contributed by atoms with Crippen molar-refractivity contribution in [3.8, 4) is 5.75 Å². The molecule has 1 nitrogen and oxygen atoms in total. The fraction of sp³-hybridized carbons (Fsp3) is 0.727. The van der Waals surface area contributed by atoms with E-state index in [1.54, 1.807) is 5.56 Å². The average Bonchev–Trinajstić information content (AvgIpc) is 3.10. The van der Waals surface area contributed by atoms with Crippen LogP contribution in [0, 0.1) is 42.4 Å². The van der Waals surface area contributed by atoms with Crippen LogP contribution in [-0.4, -0.2) is 6.36 Å². The van der Waals surface area contributed by atoms with E-state index in [-0.39, 0.29) is 5.75 Å². The molecule has 0 N–H and O–H groups in total. The van der Waals surface area contributed by atoms with Gasteiger partial charge in [-0.25, -0.2) is 0 Å². The van der Waals surface area contributed by atoms with Crippen LogP contribution in [-0.2, 0) is 0 Å². The van der Waals surface area contributed by atoms with Gasteiger partial charge < -0.3 is 4.74 Å². The van der Waals surface area contributed by atoms with E-state index in [4.69, 9.17) is 0 Å². The Morgan fingerprint density at radius 1 is 0.500 bits per heavy atom. The maximum absolute atomic E-state index is 12.3. The maximum atomic E-state index is 12.3. The quantitative estimate of drug-likeness (QED) is 0.259. The van der Waals surface area contributed by atoms with E-state index in [0.717, 1.165) is 47.0 Å². The summed E-state index contributed by atoms with van der Waals surface area (Å²) in [6.07, 6.45) is 23.4. The lowest BCUT2D eigenvalue weighted by Gasteiger charge is -2.38. The van der Waals surface area contributed by atoms with Gasteiger partial charge in [0.2, 0.25) is 0 Å². The minimum atomic E-state index is -4.62. The van der Waals surface area contributed by atoms with Gasteiger partial charge in [0, 0.05) is 0 Å². The second-order valence-electron chi connectivity index (χ2n) is 16.4. The normalized spacial score (nSPS) is 31.4. The van der Waals surface area contributed by atoms with Crippen molar-refractivity contribution in [2.45, 2.75) is 167 Å². The van der Waals surface area contributed by atoms with Crippen molar-refractivity contribution in [1.29, 1.82) is 0 Å². The minimum Gasteiger partial charge on any atom is -0.406 e. The molecule has 6 rings (SSSR count). The summed E-state index contributed by atoms with van der Waals surface area (Å²) in [7, 11) is 0. The van der Waals surface area contributed by atoms with Crippen molar-refractivity contribution < 1.29 is 17.9 Å². The lowest BCUT2D eigenvalue weighted by molar-refractivity contribution is -0.274. The van der Waals surface area contributed by atoms with Crippen molar-refractivity contribution in [3.05, 3.63) is 65.2 Å². The Balaban J connectivity index is 0.000000190. The Kier molecular flexibility index (Phi) is 14.2. The van der Waals surface area contributed by atoms with Gasteiger partial charge in [-0.1, -0.05) is 107 Å². The van der Waals surface area contributed by atoms with Gasteiger partial charge in [-0.2, -0.15) is 0 Å². The number of aryl methyl sites for hydroxylation is 1. The van der Waals surface area contributed by atoms with E-state index < -0.39 is 6.36 Å². The zero-order valence-electron chi connectivity index (χ0n) is 30.4. The molecule has 0 spiro atoms. The molecule has 0 atom stereocenters. The number of halogens is 3. The number of benzene rings is 2. The summed E-state index contributed by atoms with van der Waals surface area (Å²) < 4.78 is 40.8. The van der Waals surface area contributed by atoms with E-state index in [1.807, 2.05) is 12.1 Å². The van der Waals surface area contributed by atoms with Gasteiger partial charge in [0.05, 0.1) is 0 Å².